The molecule has 1 aliphatic rings. The largest absolute Gasteiger partial charge is 0.462 e. The molecule has 3 heterocycles. The molecule has 1 atom stereocenters. The molecule has 6 nitrogen and oxygen atoms in total. The topological polar surface area (TPSA) is 60.2 Å². The van der Waals surface area contributed by atoms with Crippen molar-refractivity contribution in [2.24, 2.45) is 13.0 Å². The summed E-state index contributed by atoms with van der Waals surface area (Å²) >= 11 is 0. The monoisotopic (exact) mass is 328 g/mol. The van der Waals surface area contributed by atoms with E-state index in [2.05, 4.69) is 19.4 Å². The first-order valence-corrected chi connectivity index (χ1v) is 8.52. The van der Waals surface area contributed by atoms with Crippen LogP contribution in [0.4, 0.5) is 5.82 Å². The van der Waals surface area contributed by atoms with Crippen LogP contribution in [0.5, 0.6) is 0 Å². The van der Waals surface area contributed by atoms with Gasteiger partial charge in [-0.05, 0) is 37.8 Å². The van der Waals surface area contributed by atoms with E-state index < -0.39 is 0 Å². The predicted octanol–water partition coefficient (Wildman–Crippen LogP) is 2.45. The number of carbonyl (C=O) groups is 1. The fourth-order valence-electron chi connectivity index (χ4n) is 3.29. The molecular weight excluding hydrogens is 304 g/mol. The number of anilines is 1. The van der Waals surface area contributed by atoms with Gasteiger partial charge in [0.15, 0.2) is 0 Å². The number of ether oxygens (including phenoxy) is 1. The van der Waals surface area contributed by atoms with E-state index in [4.69, 9.17) is 4.74 Å². The molecule has 0 aliphatic carbocycles. The lowest BCUT2D eigenvalue weighted by Crippen LogP contribution is -2.38. The van der Waals surface area contributed by atoms with E-state index in [9.17, 15) is 4.79 Å². The van der Waals surface area contributed by atoms with Crippen LogP contribution in [0.1, 0.15) is 35.9 Å². The molecule has 1 aliphatic heterocycles. The molecule has 0 spiro atoms. The quantitative estimate of drug-likeness (QED) is 0.789. The standard InChI is InChI=1S/C18H24N4O2/c1-3-24-18(23)15-7-4-8-20-17(15)22-10-5-6-14(13-22)12-16-19-9-11-21(16)2/h4,7-9,11,14H,3,5-6,10,12-13H2,1-2H3. The maximum absolute atomic E-state index is 12.2. The van der Waals surface area contributed by atoms with Gasteiger partial charge in [0.05, 0.1) is 6.61 Å². The molecule has 1 saturated heterocycles. The van der Waals surface area contributed by atoms with Gasteiger partial charge in [-0.3, -0.25) is 0 Å². The third-order valence-corrected chi connectivity index (χ3v) is 4.49. The van der Waals surface area contributed by atoms with Crippen molar-refractivity contribution in [3.63, 3.8) is 0 Å². The van der Waals surface area contributed by atoms with E-state index in [-0.39, 0.29) is 5.97 Å². The summed E-state index contributed by atoms with van der Waals surface area (Å²) in [5, 5.41) is 0. The van der Waals surface area contributed by atoms with Crippen molar-refractivity contribution in [1.29, 1.82) is 0 Å². The number of aryl methyl sites for hydroxylation is 1. The van der Waals surface area contributed by atoms with Crippen LogP contribution in [0, 0.1) is 5.92 Å². The maximum Gasteiger partial charge on any atom is 0.341 e. The molecule has 2 aromatic heterocycles. The number of imidazole rings is 1. The number of hydrogen-bond acceptors (Lipinski definition) is 5. The molecule has 0 amide bonds. The molecular formula is C18H24N4O2. The third kappa shape index (κ3) is 3.58. The van der Waals surface area contributed by atoms with Crippen molar-refractivity contribution in [3.8, 4) is 0 Å². The zero-order valence-electron chi connectivity index (χ0n) is 14.3. The van der Waals surface area contributed by atoms with E-state index >= 15 is 0 Å². The fourth-order valence-corrected chi connectivity index (χ4v) is 3.29. The lowest BCUT2D eigenvalue weighted by atomic mass is 9.94. The number of hydrogen-bond donors (Lipinski definition) is 0. The summed E-state index contributed by atoms with van der Waals surface area (Å²) in [5.74, 6) is 2.05. The van der Waals surface area contributed by atoms with Crippen molar-refractivity contribution in [2.45, 2.75) is 26.2 Å². The normalized spacial score (nSPS) is 17.8. The highest BCUT2D eigenvalue weighted by Gasteiger charge is 2.25. The Labute approximate surface area is 142 Å². The predicted molar refractivity (Wildman–Crippen MR) is 92.0 cm³/mol. The van der Waals surface area contributed by atoms with Crippen LogP contribution in [0.15, 0.2) is 30.7 Å². The van der Waals surface area contributed by atoms with Crippen molar-refractivity contribution in [3.05, 3.63) is 42.1 Å². The SMILES string of the molecule is CCOC(=O)c1cccnc1N1CCCC(Cc2nccn2C)C1. The summed E-state index contributed by atoms with van der Waals surface area (Å²) in [6.07, 6.45) is 8.77. The van der Waals surface area contributed by atoms with E-state index in [0.717, 1.165) is 37.6 Å². The minimum atomic E-state index is -0.299. The molecule has 128 valence electrons. The Morgan fingerprint density at radius 3 is 3.00 bits per heavy atom. The molecule has 24 heavy (non-hydrogen) atoms. The Kier molecular flexibility index (Phi) is 5.13. The second kappa shape index (κ2) is 7.47. The second-order valence-corrected chi connectivity index (χ2v) is 6.21. The first-order chi connectivity index (χ1) is 11.7. The van der Waals surface area contributed by atoms with E-state index in [1.165, 1.54) is 6.42 Å². The molecule has 3 rings (SSSR count). The molecule has 6 heteroatoms. The number of esters is 1. The Bertz CT molecular complexity index is 698. The third-order valence-electron chi connectivity index (χ3n) is 4.49. The summed E-state index contributed by atoms with van der Waals surface area (Å²) in [4.78, 5) is 23.3. The van der Waals surface area contributed by atoms with Gasteiger partial charge in [0, 0.05) is 45.1 Å². The highest BCUT2D eigenvalue weighted by Crippen LogP contribution is 2.26. The zero-order valence-corrected chi connectivity index (χ0v) is 14.3. The van der Waals surface area contributed by atoms with Crippen molar-refractivity contribution >= 4 is 11.8 Å². The molecule has 0 saturated carbocycles. The summed E-state index contributed by atoms with van der Waals surface area (Å²) in [5.41, 5.74) is 0.553. The maximum atomic E-state index is 12.2. The number of nitrogens with zero attached hydrogens (tertiary/aromatic N) is 4. The van der Waals surface area contributed by atoms with Gasteiger partial charge < -0.3 is 14.2 Å². The first-order valence-electron chi connectivity index (χ1n) is 8.52. The number of pyridine rings is 1. The minimum Gasteiger partial charge on any atom is -0.462 e. The number of aromatic nitrogens is 3. The van der Waals surface area contributed by atoms with Crippen LogP contribution < -0.4 is 4.90 Å². The van der Waals surface area contributed by atoms with Crippen molar-refractivity contribution in [2.75, 3.05) is 24.6 Å². The van der Waals surface area contributed by atoms with E-state index in [0.29, 0.717) is 18.1 Å². The Hall–Kier alpha value is -2.37. The first kappa shape index (κ1) is 16.5. The molecule has 0 aromatic carbocycles. The number of carbonyl (C=O) groups excluding carboxylic acids is 1. The molecule has 0 radical (unpaired) electrons. The highest BCUT2D eigenvalue weighted by atomic mass is 16.5. The summed E-state index contributed by atoms with van der Waals surface area (Å²) < 4.78 is 7.24. The van der Waals surface area contributed by atoms with Crippen LogP contribution >= 0.6 is 0 Å². The Morgan fingerprint density at radius 1 is 1.38 bits per heavy atom. The van der Waals surface area contributed by atoms with Gasteiger partial charge in [0.1, 0.15) is 17.2 Å². The van der Waals surface area contributed by atoms with Gasteiger partial charge in [-0.25, -0.2) is 14.8 Å². The summed E-state index contributed by atoms with van der Waals surface area (Å²) in [6, 6.07) is 3.58. The lowest BCUT2D eigenvalue weighted by Gasteiger charge is -2.34. The van der Waals surface area contributed by atoms with Crippen LogP contribution in [-0.4, -0.2) is 40.2 Å². The van der Waals surface area contributed by atoms with Crippen molar-refractivity contribution in [1.82, 2.24) is 14.5 Å². The Morgan fingerprint density at radius 2 is 2.25 bits per heavy atom. The molecule has 2 aromatic rings. The van der Waals surface area contributed by atoms with Crippen molar-refractivity contribution < 1.29 is 9.53 Å². The molecule has 0 bridgehead atoms. The summed E-state index contributed by atoms with van der Waals surface area (Å²) in [7, 11) is 2.03. The second-order valence-electron chi connectivity index (χ2n) is 6.21. The van der Waals surface area contributed by atoms with Gasteiger partial charge >= 0.3 is 5.97 Å². The Balaban J connectivity index is 1.75. The minimum absolute atomic E-state index is 0.299. The average molecular weight is 328 g/mol. The van der Waals surface area contributed by atoms with Crippen LogP contribution in [0.2, 0.25) is 0 Å². The smallest absolute Gasteiger partial charge is 0.341 e. The van der Waals surface area contributed by atoms with Crippen LogP contribution in [0.25, 0.3) is 0 Å². The van der Waals surface area contributed by atoms with Gasteiger partial charge in [0.25, 0.3) is 0 Å². The van der Waals surface area contributed by atoms with Gasteiger partial charge in [0.2, 0.25) is 0 Å². The van der Waals surface area contributed by atoms with Crippen LogP contribution in [0.3, 0.4) is 0 Å². The van der Waals surface area contributed by atoms with E-state index in [1.807, 2.05) is 26.4 Å². The highest BCUT2D eigenvalue weighted by molar-refractivity contribution is 5.94. The van der Waals surface area contributed by atoms with Gasteiger partial charge in [-0.15, -0.1) is 0 Å². The average Bonchev–Trinajstić information content (AvgIpc) is 3.00. The molecule has 1 fully saturated rings. The number of piperidine rings is 1. The fraction of sp³-hybridized carbons (Fsp3) is 0.500. The van der Waals surface area contributed by atoms with Gasteiger partial charge in [-0.2, -0.15) is 0 Å². The number of rotatable bonds is 5. The van der Waals surface area contributed by atoms with Crippen LogP contribution in [-0.2, 0) is 18.2 Å². The van der Waals surface area contributed by atoms with E-state index in [1.54, 1.807) is 18.3 Å². The summed E-state index contributed by atoms with van der Waals surface area (Å²) in [6.45, 7) is 3.99. The van der Waals surface area contributed by atoms with Gasteiger partial charge in [-0.1, -0.05) is 0 Å². The zero-order chi connectivity index (χ0) is 16.9. The molecule has 0 N–H and O–H groups in total. The lowest BCUT2D eigenvalue weighted by molar-refractivity contribution is 0.0526. The molecule has 1 unspecified atom stereocenters.